The summed E-state index contributed by atoms with van der Waals surface area (Å²) in [4.78, 5) is 0. The van der Waals surface area contributed by atoms with Crippen molar-refractivity contribution in [1.82, 2.24) is 10.6 Å². The molecule has 1 rings (SSSR count). The third kappa shape index (κ3) is 6.94. The molecule has 100 valence electrons. The van der Waals surface area contributed by atoms with E-state index >= 15 is 0 Å². The number of hydrogen-bond acceptors (Lipinski definition) is 1. The van der Waals surface area contributed by atoms with Crippen LogP contribution in [0, 0.1) is 5.41 Å². The summed E-state index contributed by atoms with van der Waals surface area (Å²) in [6, 6.07) is 10.4. The normalized spacial score (nSPS) is 10.1. The molecule has 0 aromatic heterocycles. The van der Waals surface area contributed by atoms with Crippen molar-refractivity contribution < 1.29 is 0 Å². The maximum Gasteiger partial charge on any atom is 0.188 e. The minimum Gasteiger partial charge on any atom is -0.357 e. The van der Waals surface area contributed by atoms with E-state index in [2.05, 4.69) is 29.7 Å². The minimum absolute atomic E-state index is 0.447. The highest BCUT2D eigenvalue weighted by Crippen LogP contribution is 1.98. The first-order valence-corrected chi connectivity index (χ1v) is 6.93. The molecule has 0 heterocycles. The number of guanidine groups is 1. The van der Waals surface area contributed by atoms with Crippen LogP contribution in [0.3, 0.4) is 0 Å². The molecule has 0 amide bonds. The van der Waals surface area contributed by atoms with Gasteiger partial charge in [0.05, 0.1) is 0 Å². The highest BCUT2D eigenvalue weighted by atomic mass is 15.1. The van der Waals surface area contributed by atoms with Gasteiger partial charge in [-0.25, -0.2) is 0 Å². The highest BCUT2D eigenvalue weighted by molar-refractivity contribution is 5.76. The summed E-state index contributed by atoms with van der Waals surface area (Å²) >= 11 is 0. The molecule has 3 heteroatoms. The van der Waals surface area contributed by atoms with Gasteiger partial charge >= 0.3 is 0 Å². The van der Waals surface area contributed by atoms with Gasteiger partial charge in [0, 0.05) is 13.1 Å². The van der Waals surface area contributed by atoms with Crippen LogP contribution < -0.4 is 10.6 Å². The molecule has 3 nitrogen and oxygen atoms in total. The fourth-order valence-corrected chi connectivity index (χ4v) is 1.80. The van der Waals surface area contributed by atoms with Crippen molar-refractivity contribution in [3.63, 3.8) is 0 Å². The molecule has 0 radical (unpaired) electrons. The fraction of sp³-hybridized carbons (Fsp3) is 0.533. The van der Waals surface area contributed by atoms with Gasteiger partial charge in [-0.1, -0.05) is 56.5 Å². The molecule has 0 atom stereocenters. The number of benzene rings is 1. The smallest absolute Gasteiger partial charge is 0.188 e. The molecular formula is C15H25N3. The molecular weight excluding hydrogens is 222 g/mol. The lowest BCUT2D eigenvalue weighted by molar-refractivity contribution is 0.646. The summed E-state index contributed by atoms with van der Waals surface area (Å²) in [6.45, 7) is 3.92. The zero-order valence-corrected chi connectivity index (χ0v) is 11.3. The van der Waals surface area contributed by atoms with Crippen molar-refractivity contribution >= 4 is 5.96 Å². The van der Waals surface area contributed by atoms with E-state index in [1.165, 1.54) is 24.8 Å². The summed E-state index contributed by atoms with van der Waals surface area (Å²) < 4.78 is 0. The van der Waals surface area contributed by atoms with Gasteiger partial charge in [-0.15, -0.1) is 0 Å². The lowest BCUT2D eigenvalue weighted by atomic mass is 10.1. The van der Waals surface area contributed by atoms with Crippen molar-refractivity contribution in [2.45, 2.75) is 39.0 Å². The second kappa shape index (κ2) is 9.51. The predicted molar refractivity (Wildman–Crippen MR) is 78.0 cm³/mol. The maximum atomic E-state index is 7.71. The summed E-state index contributed by atoms with van der Waals surface area (Å²) in [7, 11) is 0. The molecule has 0 bridgehead atoms. The van der Waals surface area contributed by atoms with E-state index in [-0.39, 0.29) is 0 Å². The zero-order chi connectivity index (χ0) is 13.1. The summed E-state index contributed by atoms with van der Waals surface area (Å²) in [5.74, 6) is 0.447. The van der Waals surface area contributed by atoms with Gasteiger partial charge < -0.3 is 10.6 Å². The predicted octanol–water partition coefficient (Wildman–Crippen LogP) is 2.92. The third-order valence-corrected chi connectivity index (χ3v) is 2.89. The van der Waals surface area contributed by atoms with Gasteiger partial charge in [-0.05, 0) is 18.4 Å². The van der Waals surface area contributed by atoms with Crippen LogP contribution in [0.15, 0.2) is 30.3 Å². The number of nitrogens with one attached hydrogen (secondary N) is 3. The van der Waals surface area contributed by atoms with E-state index in [1.807, 2.05) is 18.2 Å². The molecule has 1 aromatic carbocycles. The standard InChI is InChI=1S/C15H25N3/c1-2-3-4-8-12-17-15(16)18-13-11-14-9-6-5-7-10-14/h5-7,9-10H,2-4,8,11-13H2,1H3,(H3,16,17,18). The van der Waals surface area contributed by atoms with Crippen LogP contribution in [0.25, 0.3) is 0 Å². The van der Waals surface area contributed by atoms with Crippen LogP contribution in [0.5, 0.6) is 0 Å². The van der Waals surface area contributed by atoms with Crippen LogP contribution >= 0.6 is 0 Å². The van der Waals surface area contributed by atoms with Gasteiger partial charge in [0.1, 0.15) is 0 Å². The first-order chi connectivity index (χ1) is 8.83. The first kappa shape index (κ1) is 14.6. The first-order valence-electron chi connectivity index (χ1n) is 6.93. The lowest BCUT2D eigenvalue weighted by Gasteiger charge is -2.10. The Hall–Kier alpha value is -1.51. The Kier molecular flexibility index (Phi) is 7.69. The van der Waals surface area contributed by atoms with E-state index < -0.39 is 0 Å². The van der Waals surface area contributed by atoms with Crippen molar-refractivity contribution in [1.29, 1.82) is 5.41 Å². The second-order valence-electron chi connectivity index (χ2n) is 4.52. The van der Waals surface area contributed by atoms with E-state index in [1.54, 1.807) is 0 Å². The third-order valence-electron chi connectivity index (χ3n) is 2.89. The lowest BCUT2D eigenvalue weighted by Crippen LogP contribution is -2.37. The second-order valence-corrected chi connectivity index (χ2v) is 4.52. The van der Waals surface area contributed by atoms with Gasteiger partial charge in [0.2, 0.25) is 0 Å². The Morgan fingerprint density at radius 3 is 2.44 bits per heavy atom. The number of hydrogen-bond donors (Lipinski definition) is 3. The fourth-order valence-electron chi connectivity index (χ4n) is 1.80. The quantitative estimate of drug-likeness (QED) is 0.376. The van der Waals surface area contributed by atoms with Crippen LogP contribution in [0.2, 0.25) is 0 Å². The Bertz CT molecular complexity index is 322. The molecule has 0 unspecified atom stereocenters. The van der Waals surface area contributed by atoms with Crippen molar-refractivity contribution in [3.05, 3.63) is 35.9 Å². The van der Waals surface area contributed by atoms with Crippen LogP contribution in [0.1, 0.15) is 38.2 Å². The summed E-state index contributed by atoms with van der Waals surface area (Å²) in [5, 5.41) is 13.9. The average Bonchev–Trinajstić information content (AvgIpc) is 2.40. The van der Waals surface area contributed by atoms with Crippen LogP contribution in [0.4, 0.5) is 0 Å². The molecule has 0 aliphatic carbocycles. The molecule has 0 aliphatic rings. The molecule has 1 aromatic rings. The molecule has 0 aliphatic heterocycles. The van der Waals surface area contributed by atoms with E-state index in [0.717, 1.165) is 25.9 Å². The average molecular weight is 247 g/mol. The number of rotatable bonds is 8. The topological polar surface area (TPSA) is 47.9 Å². The maximum absolute atomic E-state index is 7.71. The van der Waals surface area contributed by atoms with Gasteiger partial charge in [0.25, 0.3) is 0 Å². The SMILES string of the molecule is CCCCCCNC(=N)NCCc1ccccc1. The zero-order valence-electron chi connectivity index (χ0n) is 11.3. The molecule has 0 fully saturated rings. The summed E-state index contributed by atoms with van der Waals surface area (Å²) in [6.07, 6.45) is 5.90. The Labute approximate surface area is 111 Å². The monoisotopic (exact) mass is 247 g/mol. The largest absolute Gasteiger partial charge is 0.357 e. The molecule has 3 N–H and O–H groups in total. The van der Waals surface area contributed by atoms with Crippen molar-refractivity contribution in [3.8, 4) is 0 Å². The molecule has 18 heavy (non-hydrogen) atoms. The van der Waals surface area contributed by atoms with Gasteiger partial charge in [0.15, 0.2) is 5.96 Å². The van der Waals surface area contributed by atoms with E-state index in [9.17, 15) is 0 Å². The highest BCUT2D eigenvalue weighted by Gasteiger charge is 1.95. The Balaban J connectivity index is 2.00. The van der Waals surface area contributed by atoms with Crippen molar-refractivity contribution in [2.24, 2.45) is 0 Å². The minimum atomic E-state index is 0.447. The van der Waals surface area contributed by atoms with Crippen molar-refractivity contribution in [2.75, 3.05) is 13.1 Å². The van der Waals surface area contributed by atoms with E-state index in [0.29, 0.717) is 5.96 Å². The van der Waals surface area contributed by atoms with Gasteiger partial charge in [-0.2, -0.15) is 0 Å². The van der Waals surface area contributed by atoms with E-state index in [4.69, 9.17) is 5.41 Å². The molecule has 0 saturated carbocycles. The van der Waals surface area contributed by atoms with Crippen LogP contribution in [-0.2, 0) is 6.42 Å². The summed E-state index contributed by atoms with van der Waals surface area (Å²) in [5.41, 5.74) is 1.31. The van der Waals surface area contributed by atoms with Crippen LogP contribution in [-0.4, -0.2) is 19.0 Å². The number of unbranched alkanes of at least 4 members (excludes halogenated alkanes) is 3. The molecule has 0 saturated heterocycles. The van der Waals surface area contributed by atoms with Gasteiger partial charge in [-0.3, -0.25) is 5.41 Å². The Morgan fingerprint density at radius 1 is 1.00 bits per heavy atom. The molecule has 0 spiro atoms. The Morgan fingerprint density at radius 2 is 1.72 bits per heavy atom.